The summed E-state index contributed by atoms with van der Waals surface area (Å²) >= 11 is 1.47. The van der Waals surface area contributed by atoms with Crippen molar-refractivity contribution in [1.82, 2.24) is 10.2 Å². The number of hydrogen-bond donors (Lipinski definition) is 1. The molecule has 2 rings (SSSR count). The summed E-state index contributed by atoms with van der Waals surface area (Å²) < 4.78 is 5.32. The van der Waals surface area contributed by atoms with E-state index < -0.39 is 0 Å². The first-order chi connectivity index (χ1) is 9.54. The molecule has 1 N–H and O–H groups in total. The molecule has 0 fully saturated rings. The Morgan fingerprint density at radius 1 is 1.30 bits per heavy atom. The van der Waals surface area contributed by atoms with Gasteiger partial charge in [0.2, 0.25) is 11.8 Å². The monoisotopic (exact) mass is 291 g/mol. The Morgan fingerprint density at radius 3 is 2.60 bits per heavy atom. The van der Waals surface area contributed by atoms with E-state index in [-0.39, 0.29) is 17.8 Å². The Hall–Kier alpha value is -1.82. The van der Waals surface area contributed by atoms with Gasteiger partial charge in [-0.2, -0.15) is 0 Å². The number of aryl methyl sites for hydroxylation is 1. The van der Waals surface area contributed by atoms with Crippen LogP contribution in [-0.4, -0.2) is 21.9 Å². The lowest BCUT2D eigenvalue weighted by atomic mass is 10.2. The molecule has 106 valence electrons. The molecule has 0 atom stereocenters. The van der Waals surface area contributed by atoms with Crippen molar-refractivity contribution in [3.63, 3.8) is 0 Å². The van der Waals surface area contributed by atoms with Crippen LogP contribution in [0.1, 0.15) is 31.2 Å². The van der Waals surface area contributed by atoms with Gasteiger partial charge in [0.25, 0.3) is 0 Å². The van der Waals surface area contributed by atoms with E-state index in [0.29, 0.717) is 11.6 Å². The summed E-state index contributed by atoms with van der Waals surface area (Å²) in [5.74, 6) is 0.818. The first-order valence-corrected chi connectivity index (χ1v) is 7.36. The average molecular weight is 291 g/mol. The summed E-state index contributed by atoms with van der Waals surface area (Å²) in [5, 5.41) is 10.2. The molecule has 0 saturated carbocycles. The summed E-state index contributed by atoms with van der Waals surface area (Å²) in [5.41, 5.74) is 1.20. The number of hydrogen-bond acceptors (Lipinski definition) is 5. The minimum absolute atomic E-state index is 0.148. The molecule has 0 spiro atoms. The topological polar surface area (TPSA) is 68.0 Å². The molecule has 0 unspecified atom stereocenters. The van der Waals surface area contributed by atoms with Crippen LogP contribution in [0.5, 0.6) is 0 Å². The van der Waals surface area contributed by atoms with E-state index in [1.54, 1.807) is 0 Å². The molecule has 0 aliphatic rings. The van der Waals surface area contributed by atoms with E-state index in [9.17, 15) is 4.79 Å². The van der Waals surface area contributed by atoms with Gasteiger partial charge in [0.15, 0.2) is 0 Å². The van der Waals surface area contributed by atoms with Crippen molar-refractivity contribution >= 4 is 23.7 Å². The van der Waals surface area contributed by atoms with Crippen molar-refractivity contribution in [2.24, 2.45) is 0 Å². The Balaban J connectivity index is 1.84. The van der Waals surface area contributed by atoms with Gasteiger partial charge in [-0.25, -0.2) is 0 Å². The minimum atomic E-state index is -0.158. The zero-order chi connectivity index (χ0) is 14.5. The Bertz CT molecular complexity index is 578. The summed E-state index contributed by atoms with van der Waals surface area (Å²) in [6.07, 6.45) is 0. The molecule has 1 heterocycles. The second-order valence-electron chi connectivity index (χ2n) is 4.75. The lowest BCUT2D eigenvalue weighted by molar-refractivity contribution is -0.113. The third kappa shape index (κ3) is 4.09. The molecule has 1 aromatic carbocycles. The first-order valence-electron chi connectivity index (χ1n) is 6.37. The third-order valence-electron chi connectivity index (χ3n) is 2.57. The highest BCUT2D eigenvalue weighted by atomic mass is 32.2. The highest BCUT2D eigenvalue weighted by Gasteiger charge is 2.12. The zero-order valence-electron chi connectivity index (χ0n) is 11.7. The lowest BCUT2D eigenvalue weighted by Gasteiger charge is -2.02. The molecule has 0 bridgehead atoms. The predicted molar refractivity (Wildman–Crippen MR) is 78.9 cm³/mol. The van der Waals surface area contributed by atoms with Crippen LogP contribution in [-0.2, 0) is 4.79 Å². The quantitative estimate of drug-likeness (QED) is 0.857. The predicted octanol–water partition coefficient (Wildman–Crippen LogP) is 3.23. The molecule has 20 heavy (non-hydrogen) atoms. The molecule has 0 aliphatic heterocycles. The SMILES string of the molecule is Cc1ccc(SCC(=O)Nc2nnc(C(C)C)o2)cc1. The number of amides is 1. The van der Waals surface area contributed by atoms with Gasteiger partial charge >= 0.3 is 6.01 Å². The number of carbonyl (C=O) groups is 1. The van der Waals surface area contributed by atoms with Gasteiger partial charge in [-0.05, 0) is 19.1 Å². The maximum Gasteiger partial charge on any atom is 0.322 e. The standard InChI is InChI=1S/C14H17N3O2S/c1-9(2)13-16-17-14(19-13)15-12(18)8-20-11-6-4-10(3)5-7-11/h4-7,9H,8H2,1-3H3,(H,15,17,18). The molecular weight excluding hydrogens is 274 g/mol. The maximum atomic E-state index is 11.8. The van der Waals surface area contributed by atoms with Gasteiger partial charge < -0.3 is 4.42 Å². The fourth-order valence-electron chi connectivity index (χ4n) is 1.46. The van der Waals surface area contributed by atoms with E-state index in [1.807, 2.05) is 45.0 Å². The molecule has 1 amide bonds. The van der Waals surface area contributed by atoms with Crippen LogP contribution in [0.3, 0.4) is 0 Å². The second-order valence-corrected chi connectivity index (χ2v) is 5.80. The van der Waals surface area contributed by atoms with Crippen LogP contribution in [0, 0.1) is 6.92 Å². The number of carbonyl (C=O) groups excluding carboxylic acids is 1. The molecule has 0 aliphatic carbocycles. The summed E-state index contributed by atoms with van der Waals surface area (Å²) in [4.78, 5) is 12.8. The van der Waals surface area contributed by atoms with E-state index >= 15 is 0 Å². The van der Waals surface area contributed by atoms with Crippen LogP contribution in [0.2, 0.25) is 0 Å². The van der Waals surface area contributed by atoms with Gasteiger partial charge in [-0.1, -0.05) is 36.6 Å². The average Bonchev–Trinajstić information content (AvgIpc) is 2.87. The van der Waals surface area contributed by atoms with Crippen LogP contribution in [0.15, 0.2) is 33.6 Å². The van der Waals surface area contributed by atoms with Crippen LogP contribution >= 0.6 is 11.8 Å². The van der Waals surface area contributed by atoms with Crippen molar-refractivity contribution in [2.45, 2.75) is 31.6 Å². The highest BCUT2D eigenvalue weighted by Crippen LogP contribution is 2.19. The van der Waals surface area contributed by atoms with Gasteiger partial charge in [0.05, 0.1) is 5.75 Å². The molecule has 0 saturated heterocycles. The van der Waals surface area contributed by atoms with Crippen molar-refractivity contribution in [2.75, 3.05) is 11.1 Å². The van der Waals surface area contributed by atoms with E-state index in [1.165, 1.54) is 17.3 Å². The van der Waals surface area contributed by atoms with Gasteiger partial charge in [-0.3, -0.25) is 10.1 Å². The lowest BCUT2D eigenvalue weighted by Crippen LogP contribution is -2.14. The Labute approximate surface area is 122 Å². The fourth-order valence-corrected chi connectivity index (χ4v) is 2.16. The number of aromatic nitrogens is 2. The number of anilines is 1. The number of rotatable bonds is 5. The van der Waals surface area contributed by atoms with E-state index in [0.717, 1.165) is 4.90 Å². The molecular formula is C14H17N3O2S. The first kappa shape index (κ1) is 14.6. The Kier molecular flexibility index (Phi) is 4.79. The maximum absolute atomic E-state index is 11.8. The Morgan fingerprint density at radius 2 is 2.00 bits per heavy atom. The van der Waals surface area contributed by atoms with E-state index in [4.69, 9.17) is 4.42 Å². The third-order valence-corrected chi connectivity index (χ3v) is 3.58. The van der Waals surface area contributed by atoms with Crippen molar-refractivity contribution < 1.29 is 9.21 Å². The number of nitrogens with zero attached hydrogens (tertiary/aromatic N) is 2. The number of benzene rings is 1. The smallest absolute Gasteiger partial charge is 0.322 e. The summed E-state index contributed by atoms with van der Waals surface area (Å²) in [6.45, 7) is 5.93. The molecule has 1 aromatic heterocycles. The molecule has 0 radical (unpaired) electrons. The molecule has 6 heteroatoms. The van der Waals surface area contributed by atoms with Crippen LogP contribution < -0.4 is 5.32 Å². The zero-order valence-corrected chi connectivity index (χ0v) is 12.5. The highest BCUT2D eigenvalue weighted by molar-refractivity contribution is 8.00. The van der Waals surface area contributed by atoms with Gasteiger partial charge in [0.1, 0.15) is 0 Å². The summed E-state index contributed by atoms with van der Waals surface area (Å²) in [6, 6.07) is 8.19. The minimum Gasteiger partial charge on any atom is -0.408 e. The second kappa shape index (κ2) is 6.56. The summed E-state index contributed by atoms with van der Waals surface area (Å²) in [7, 11) is 0. The normalized spacial score (nSPS) is 10.8. The van der Waals surface area contributed by atoms with Gasteiger partial charge in [0, 0.05) is 10.8 Å². The number of thioether (sulfide) groups is 1. The van der Waals surface area contributed by atoms with Crippen molar-refractivity contribution in [3.05, 3.63) is 35.7 Å². The molecule has 2 aromatic rings. The molecule has 5 nitrogen and oxygen atoms in total. The fraction of sp³-hybridized carbons (Fsp3) is 0.357. The van der Waals surface area contributed by atoms with E-state index in [2.05, 4.69) is 15.5 Å². The largest absolute Gasteiger partial charge is 0.408 e. The number of nitrogens with one attached hydrogen (secondary N) is 1. The van der Waals surface area contributed by atoms with Crippen molar-refractivity contribution in [3.8, 4) is 0 Å². The van der Waals surface area contributed by atoms with Crippen LogP contribution in [0.4, 0.5) is 6.01 Å². The van der Waals surface area contributed by atoms with Crippen molar-refractivity contribution in [1.29, 1.82) is 0 Å². The van der Waals surface area contributed by atoms with Crippen LogP contribution in [0.25, 0.3) is 0 Å². The van der Waals surface area contributed by atoms with Gasteiger partial charge in [-0.15, -0.1) is 16.9 Å².